The molecule has 156 valence electrons. The van der Waals surface area contributed by atoms with Crippen molar-refractivity contribution in [2.24, 2.45) is 5.16 Å². The van der Waals surface area contributed by atoms with E-state index in [4.69, 9.17) is 14.3 Å². The third-order valence-corrected chi connectivity index (χ3v) is 4.67. The second-order valence-electron chi connectivity index (χ2n) is 6.64. The third kappa shape index (κ3) is 5.10. The van der Waals surface area contributed by atoms with Crippen molar-refractivity contribution in [3.8, 4) is 11.5 Å². The number of hydrogen-bond acceptors (Lipinski definition) is 7. The molecule has 0 radical (unpaired) electrons. The maximum Gasteiger partial charge on any atom is 0.334 e. The Bertz CT molecular complexity index is 853. The van der Waals surface area contributed by atoms with Gasteiger partial charge >= 0.3 is 5.97 Å². The van der Waals surface area contributed by atoms with Crippen molar-refractivity contribution in [1.82, 2.24) is 0 Å². The predicted molar refractivity (Wildman–Crippen MR) is 109 cm³/mol. The Balaban J connectivity index is 2.60. The molecule has 7 heteroatoms. The van der Waals surface area contributed by atoms with Gasteiger partial charge in [-0.2, -0.15) is 0 Å². The molecule has 7 nitrogen and oxygen atoms in total. The summed E-state index contributed by atoms with van der Waals surface area (Å²) in [6.45, 7) is 3.80. The molecule has 1 aliphatic rings. The van der Waals surface area contributed by atoms with E-state index in [1.54, 1.807) is 13.0 Å². The highest BCUT2D eigenvalue weighted by Gasteiger charge is 2.31. The summed E-state index contributed by atoms with van der Waals surface area (Å²) in [5, 5.41) is 4.06. The molecule has 29 heavy (non-hydrogen) atoms. The first-order chi connectivity index (χ1) is 14.0. The van der Waals surface area contributed by atoms with E-state index in [1.807, 2.05) is 0 Å². The van der Waals surface area contributed by atoms with Crippen molar-refractivity contribution < 1.29 is 28.7 Å². The lowest BCUT2D eigenvalue weighted by atomic mass is 9.88. The summed E-state index contributed by atoms with van der Waals surface area (Å²) in [4.78, 5) is 41.6. The van der Waals surface area contributed by atoms with Gasteiger partial charge in [-0.05, 0) is 31.1 Å². The molecule has 0 heterocycles. The van der Waals surface area contributed by atoms with Crippen LogP contribution in [0.15, 0.2) is 23.4 Å². The SMILES string of the molecule is CCCCCCC(=NOC(=O)CC)c1cc(OC)c2c(c1OC)C(=O)C=CC2=O. The quantitative estimate of drug-likeness (QED) is 0.252. The first-order valence-electron chi connectivity index (χ1n) is 9.81. The lowest BCUT2D eigenvalue weighted by molar-refractivity contribution is -0.143. The van der Waals surface area contributed by atoms with Crippen molar-refractivity contribution in [2.45, 2.75) is 52.4 Å². The summed E-state index contributed by atoms with van der Waals surface area (Å²) >= 11 is 0. The third-order valence-electron chi connectivity index (χ3n) is 4.67. The summed E-state index contributed by atoms with van der Waals surface area (Å²) in [5.41, 5.74) is 1.24. The second-order valence-corrected chi connectivity index (χ2v) is 6.64. The van der Waals surface area contributed by atoms with Crippen LogP contribution in [0.4, 0.5) is 0 Å². The summed E-state index contributed by atoms with van der Waals surface area (Å²) in [6.07, 6.45) is 7.11. The van der Waals surface area contributed by atoms with E-state index in [1.165, 1.54) is 26.4 Å². The summed E-state index contributed by atoms with van der Waals surface area (Å²) in [6, 6.07) is 1.61. The molecule has 0 saturated heterocycles. The predicted octanol–water partition coefficient (Wildman–Crippen LogP) is 4.27. The molecule has 0 aliphatic heterocycles. The molecule has 0 unspecified atom stereocenters. The minimum atomic E-state index is -0.464. The topological polar surface area (TPSA) is 91.3 Å². The summed E-state index contributed by atoms with van der Waals surface area (Å²) < 4.78 is 10.9. The van der Waals surface area contributed by atoms with Crippen LogP contribution >= 0.6 is 0 Å². The first-order valence-corrected chi connectivity index (χ1v) is 9.81. The van der Waals surface area contributed by atoms with E-state index in [-0.39, 0.29) is 40.6 Å². The zero-order valence-electron chi connectivity index (χ0n) is 17.4. The van der Waals surface area contributed by atoms with Gasteiger partial charge < -0.3 is 14.3 Å². The highest BCUT2D eigenvalue weighted by molar-refractivity contribution is 6.25. The number of allylic oxidation sites excluding steroid dienone is 2. The van der Waals surface area contributed by atoms with Crippen LogP contribution in [0.25, 0.3) is 0 Å². The Hall–Kier alpha value is -2.96. The number of ketones is 2. The van der Waals surface area contributed by atoms with Crippen molar-refractivity contribution in [2.75, 3.05) is 14.2 Å². The summed E-state index contributed by atoms with van der Waals surface area (Å²) in [5.74, 6) is -0.673. The number of nitrogens with zero attached hydrogens (tertiary/aromatic N) is 1. The monoisotopic (exact) mass is 401 g/mol. The molecular formula is C22H27NO6. The number of oxime groups is 1. The number of unbranched alkanes of at least 4 members (excludes halogenated alkanes) is 3. The van der Waals surface area contributed by atoms with Crippen molar-refractivity contribution in [3.05, 3.63) is 34.9 Å². The fraction of sp³-hybridized carbons (Fsp3) is 0.455. The highest BCUT2D eigenvalue weighted by Crippen LogP contribution is 2.38. The Morgan fingerprint density at radius 3 is 2.24 bits per heavy atom. The van der Waals surface area contributed by atoms with Crippen LogP contribution < -0.4 is 9.47 Å². The fourth-order valence-electron chi connectivity index (χ4n) is 3.14. The van der Waals surface area contributed by atoms with Crippen molar-refractivity contribution in [3.63, 3.8) is 0 Å². The molecule has 1 aromatic rings. The van der Waals surface area contributed by atoms with Gasteiger partial charge in [0.25, 0.3) is 0 Å². The van der Waals surface area contributed by atoms with Crippen LogP contribution in [0, 0.1) is 0 Å². The molecule has 1 aromatic carbocycles. The molecule has 0 amide bonds. The number of fused-ring (bicyclic) bond motifs is 1. The molecule has 0 fully saturated rings. The number of benzene rings is 1. The molecule has 0 saturated carbocycles. The number of carbonyl (C=O) groups excluding carboxylic acids is 3. The molecule has 1 aliphatic carbocycles. The Kier molecular flexibility index (Phi) is 8.12. The highest BCUT2D eigenvalue weighted by atomic mass is 16.7. The second kappa shape index (κ2) is 10.5. The van der Waals surface area contributed by atoms with Crippen LogP contribution in [-0.2, 0) is 9.63 Å². The zero-order valence-corrected chi connectivity index (χ0v) is 17.4. The normalized spacial score (nSPS) is 13.3. The maximum absolute atomic E-state index is 12.6. The standard InChI is InChI=1S/C22H27NO6/c1-5-7-8-9-10-15(23-29-19(26)6-2)14-13-18(27-3)20-16(24)11-12-17(25)21(20)22(14)28-4/h11-13H,5-10H2,1-4H3. The molecule has 0 aromatic heterocycles. The molecule has 0 N–H and O–H groups in total. The molecule has 0 bridgehead atoms. The minimum Gasteiger partial charge on any atom is -0.496 e. The van der Waals surface area contributed by atoms with Crippen LogP contribution in [0.3, 0.4) is 0 Å². The number of hydrogen-bond donors (Lipinski definition) is 0. The number of methoxy groups -OCH3 is 2. The van der Waals surface area contributed by atoms with Gasteiger partial charge in [-0.1, -0.05) is 38.3 Å². The van der Waals surface area contributed by atoms with E-state index in [0.29, 0.717) is 17.7 Å². The summed E-state index contributed by atoms with van der Waals surface area (Å²) in [7, 11) is 2.85. The Morgan fingerprint density at radius 1 is 0.966 bits per heavy atom. The average molecular weight is 401 g/mol. The van der Waals surface area contributed by atoms with E-state index < -0.39 is 5.97 Å². The van der Waals surface area contributed by atoms with Crippen LogP contribution in [0.1, 0.15) is 78.7 Å². The van der Waals surface area contributed by atoms with E-state index >= 15 is 0 Å². The van der Waals surface area contributed by atoms with E-state index in [2.05, 4.69) is 12.1 Å². The van der Waals surface area contributed by atoms with Gasteiger partial charge in [-0.15, -0.1) is 0 Å². The van der Waals surface area contributed by atoms with Crippen LogP contribution in [0.2, 0.25) is 0 Å². The van der Waals surface area contributed by atoms with Crippen LogP contribution in [-0.4, -0.2) is 37.5 Å². The fourth-order valence-corrected chi connectivity index (χ4v) is 3.14. The van der Waals surface area contributed by atoms with Crippen molar-refractivity contribution in [1.29, 1.82) is 0 Å². The smallest absolute Gasteiger partial charge is 0.334 e. The largest absolute Gasteiger partial charge is 0.496 e. The lowest BCUT2D eigenvalue weighted by Crippen LogP contribution is -2.18. The number of rotatable bonds is 10. The van der Waals surface area contributed by atoms with Crippen LogP contribution in [0.5, 0.6) is 11.5 Å². The number of ether oxygens (including phenoxy) is 2. The Labute approximate surface area is 170 Å². The lowest BCUT2D eigenvalue weighted by Gasteiger charge is -2.20. The van der Waals surface area contributed by atoms with Gasteiger partial charge in [0, 0.05) is 12.0 Å². The van der Waals surface area contributed by atoms with Gasteiger partial charge in [-0.3, -0.25) is 9.59 Å². The van der Waals surface area contributed by atoms with Gasteiger partial charge in [-0.25, -0.2) is 4.79 Å². The Morgan fingerprint density at radius 2 is 1.66 bits per heavy atom. The minimum absolute atomic E-state index is 0.137. The van der Waals surface area contributed by atoms with Gasteiger partial charge in [0.05, 0.1) is 31.1 Å². The number of carbonyl (C=O) groups is 3. The van der Waals surface area contributed by atoms with Gasteiger partial charge in [0.1, 0.15) is 11.5 Å². The first kappa shape index (κ1) is 22.3. The molecular weight excluding hydrogens is 374 g/mol. The van der Waals surface area contributed by atoms with Gasteiger partial charge in [0.15, 0.2) is 11.6 Å². The zero-order chi connectivity index (χ0) is 21.4. The van der Waals surface area contributed by atoms with E-state index in [0.717, 1.165) is 25.7 Å². The average Bonchev–Trinajstić information content (AvgIpc) is 2.74. The van der Waals surface area contributed by atoms with Crippen molar-refractivity contribution >= 4 is 23.2 Å². The molecule has 0 atom stereocenters. The maximum atomic E-state index is 12.6. The van der Waals surface area contributed by atoms with Gasteiger partial charge in [0.2, 0.25) is 0 Å². The molecule has 0 spiro atoms. The molecule has 2 rings (SSSR count). The van der Waals surface area contributed by atoms with E-state index in [9.17, 15) is 14.4 Å².